The Balaban J connectivity index is 1.89. The van der Waals surface area contributed by atoms with Crippen molar-refractivity contribution in [1.82, 2.24) is 10.3 Å². The summed E-state index contributed by atoms with van der Waals surface area (Å²) < 4.78 is 9.87. The predicted octanol–water partition coefficient (Wildman–Crippen LogP) is 4.20. The van der Waals surface area contributed by atoms with Crippen LogP contribution in [0.5, 0.6) is 5.75 Å². The normalized spacial score (nSPS) is 11.8. The molecule has 4 aromatic rings. The van der Waals surface area contributed by atoms with Gasteiger partial charge in [0.25, 0.3) is 0 Å². The van der Waals surface area contributed by atoms with Crippen LogP contribution < -0.4 is 4.74 Å². The van der Waals surface area contributed by atoms with Gasteiger partial charge in [0.2, 0.25) is 0 Å². The van der Waals surface area contributed by atoms with E-state index in [1.807, 2.05) is 30.3 Å². The topological polar surface area (TPSA) is 103 Å². The van der Waals surface area contributed by atoms with Crippen LogP contribution in [0.2, 0.25) is 0 Å². The van der Waals surface area contributed by atoms with Crippen LogP contribution in [0.3, 0.4) is 0 Å². The van der Waals surface area contributed by atoms with E-state index in [4.69, 9.17) is 9.37 Å². The molecule has 0 aliphatic carbocycles. The number of benzene rings is 3. The number of fused-ring (bicyclic) bond motifs is 1. The highest BCUT2D eigenvalue weighted by molar-refractivity contribution is 6.26. The van der Waals surface area contributed by atoms with Gasteiger partial charge in [-0.15, -0.1) is 0 Å². The maximum absolute atomic E-state index is 13.5. The van der Waals surface area contributed by atoms with Gasteiger partial charge in [0, 0.05) is 17.6 Å². The molecular formula is C24H18N2O5. The molecule has 1 N–H and O–H groups in total. The summed E-state index contributed by atoms with van der Waals surface area (Å²) in [6.07, 6.45) is 0.155. The molecule has 0 amide bonds. The zero-order valence-electron chi connectivity index (χ0n) is 16.6. The molecule has 0 bridgehead atoms. The van der Waals surface area contributed by atoms with Gasteiger partial charge in [-0.05, 0) is 57.8 Å². The SMILES string of the molecule is COc1ccc(C(=O)C(Cc2ccccc2)=C(C(=O)O)c2ccc3nonc3c2)cc1. The summed E-state index contributed by atoms with van der Waals surface area (Å²) in [6, 6.07) is 20.6. The fourth-order valence-electron chi connectivity index (χ4n) is 3.36. The third-order valence-corrected chi connectivity index (χ3v) is 4.91. The number of methoxy groups -OCH3 is 1. The summed E-state index contributed by atoms with van der Waals surface area (Å²) in [6.45, 7) is 0. The molecule has 154 valence electrons. The van der Waals surface area contributed by atoms with Gasteiger partial charge >= 0.3 is 5.97 Å². The molecule has 0 aliphatic rings. The van der Waals surface area contributed by atoms with Crippen molar-refractivity contribution in [1.29, 1.82) is 0 Å². The number of carboxylic acid groups (broad SMARTS) is 1. The van der Waals surface area contributed by atoms with Crippen molar-refractivity contribution >= 4 is 28.4 Å². The highest BCUT2D eigenvalue weighted by Gasteiger charge is 2.24. The van der Waals surface area contributed by atoms with Crippen molar-refractivity contribution in [3.63, 3.8) is 0 Å². The van der Waals surface area contributed by atoms with E-state index in [0.29, 0.717) is 27.9 Å². The Kier molecular flexibility index (Phi) is 5.57. The van der Waals surface area contributed by atoms with Crippen molar-refractivity contribution in [2.45, 2.75) is 6.42 Å². The lowest BCUT2D eigenvalue weighted by Crippen LogP contribution is -2.14. The number of aliphatic carboxylic acids is 1. The van der Waals surface area contributed by atoms with Crippen LogP contribution in [-0.4, -0.2) is 34.3 Å². The number of carbonyl (C=O) groups excluding carboxylic acids is 1. The average Bonchev–Trinajstić information content (AvgIpc) is 3.27. The molecule has 0 saturated carbocycles. The molecule has 7 heteroatoms. The van der Waals surface area contributed by atoms with Gasteiger partial charge < -0.3 is 9.84 Å². The average molecular weight is 414 g/mol. The molecule has 0 unspecified atom stereocenters. The van der Waals surface area contributed by atoms with E-state index in [-0.39, 0.29) is 23.4 Å². The number of rotatable bonds is 7. The summed E-state index contributed by atoms with van der Waals surface area (Å²) in [7, 11) is 1.54. The monoisotopic (exact) mass is 414 g/mol. The van der Waals surface area contributed by atoms with Gasteiger partial charge in [-0.3, -0.25) is 4.79 Å². The number of allylic oxidation sites excluding steroid dienone is 1. The minimum atomic E-state index is -1.21. The first-order chi connectivity index (χ1) is 15.1. The van der Waals surface area contributed by atoms with E-state index in [1.54, 1.807) is 42.5 Å². The lowest BCUT2D eigenvalue weighted by Gasteiger charge is -2.13. The number of hydrogen-bond acceptors (Lipinski definition) is 6. The molecule has 1 heterocycles. The molecule has 4 rings (SSSR count). The van der Waals surface area contributed by atoms with Gasteiger partial charge in [0.1, 0.15) is 16.8 Å². The van der Waals surface area contributed by atoms with Gasteiger partial charge in [0.15, 0.2) is 5.78 Å². The molecule has 0 atom stereocenters. The molecule has 1 aromatic heterocycles. The fraction of sp³-hybridized carbons (Fsp3) is 0.0833. The second-order valence-corrected chi connectivity index (χ2v) is 6.85. The second kappa shape index (κ2) is 8.62. The van der Waals surface area contributed by atoms with E-state index >= 15 is 0 Å². The quantitative estimate of drug-likeness (QED) is 0.357. The Morgan fingerprint density at radius 2 is 1.58 bits per heavy atom. The van der Waals surface area contributed by atoms with Crippen LogP contribution in [0.15, 0.2) is 83.0 Å². The van der Waals surface area contributed by atoms with Crippen molar-refractivity contribution in [3.8, 4) is 5.75 Å². The summed E-state index contributed by atoms with van der Waals surface area (Å²) in [5.74, 6) is -0.974. The Labute approximate surface area is 177 Å². The number of Topliss-reactive ketones (excluding diaryl/α,β-unsaturated/α-hetero) is 1. The van der Waals surface area contributed by atoms with E-state index in [0.717, 1.165) is 5.56 Å². The molecule has 3 aromatic carbocycles. The number of ketones is 1. The van der Waals surface area contributed by atoms with Crippen LogP contribution in [0.1, 0.15) is 21.5 Å². The Morgan fingerprint density at radius 1 is 0.903 bits per heavy atom. The molecule has 31 heavy (non-hydrogen) atoms. The highest BCUT2D eigenvalue weighted by Crippen LogP contribution is 2.28. The fourth-order valence-corrected chi connectivity index (χ4v) is 3.36. The standard InChI is InChI=1S/C24H18N2O5/c1-30-18-10-7-16(8-11-18)23(27)19(13-15-5-3-2-4-6-15)22(24(28)29)17-9-12-20-21(14-17)26-31-25-20/h2-12,14H,13H2,1H3,(H,28,29). The third kappa shape index (κ3) is 4.20. The maximum Gasteiger partial charge on any atom is 0.336 e. The summed E-state index contributed by atoms with van der Waals surface area (Å²) >= 11 is 0. The highest BCUT2D eigenvalue weighted by atomic mass is 16.6. The molecule has 7 nitrogen and oxygen atoms in total. The van der Waals surface area contributed by atoms with Crippen molar-refractivity contribution < 1.29 is 24.1 Å². The molecular weight excluding hydrogens is 396 g/mol. The van der Waals surface area contributed by atoms with E-state index in [1.165, 1.54) is 7.11 Å². The van der Waals surface area contributed by atoms with E-state index in [9.17, 15) is 14.7 Å². The maximum atomic E-state index is 13.5. The first-order valence-corrected chi connectivity index (χ1v) is 9.48. The predicted molar refractivity (Wildman–Crippen MR) is 114 cm³/mol. The zero-order chi connectivity index (χ0) is 21.8. The summed E-state index contributed by atoms with van der Waals surface area (Å²) in [5, 5.41) is 17.6. The molecule has 0 radical (unpaired) electrons. The van der Waals surface area contributed by atoms with Crippen molar-refractivity contribution in [3.05, 3.63) is 95.1 Å². The van der Waals surface area contributed by atoms with Crippen LogP contribution in [-0.2, 0) is 11.2 Å². The minimum Gasteiger partial charge on any atom is -0.497 e. The Hall–Kier alpha value is -4.26. The van der Waals surface area contributed by atoms with E-state index < -0.39 is 5.97 Å². The molecule has 0 spiro atoms. The number of aromatic nitrogens is 2. The number of nitrogens with zero attached hydrogens (tertiary/aromatic N) is 2. The van der Waals surface area contributed by atoms with Crippen LogP contribution in [0, 0.1) is 0 Å². The molecule has 0 fully saturated rings. The van der Waals surface area contributed by atoms with E-state index in [2.05, 4.69) is 10.3 Å². The van der Waals surface area contributed by atoms with Gasteiger partial charge in [-0.25, -0.2) is 9.42 Å². The van der Waals surface area contributed by atoms with Crippen molar-refractivity contribution in [2.75, 3.05) is 7.11 Å². The molecule has 0 saturated heterocycles. The summed E-state index contributed by atoms with van der Waals surface area (Å²) in [5.41, 5.74) is 2.53. The molecule has 0 aliphatic heterocycles. The smallest absolute Gasteiger partial charge is 0.336 e. The lowest BCUT2D eigenvalue weighted by molar-refractivity contribution is -0.130. The number of carbonyl (C=O) groups is 2. The van der Waals surface area contributed by atoms with Crippen LogP contribution >= 0.6 is 0 Å². The number of hydrogen-bond donors (Lipinski definition) is 1. The largest absolute Gasteiger partial charge is 0.497 e. The zero-order valence-corrected chi connectivity index (χ0v) is 16.6. The van der Waals surface area contributed by atoms with Gasteiger partial charge in [-0.2, -0.15) is 0 Å². The first kappa shape index (κ1) is 20.0. The minimum absolute atomic E-state index is 0.0884. The third-order valence-electron chi connectivity index (χ3n) is 4.91. The van der Waals surface area contributed by atoms with Gasteiger partial charge in [-0.1, -0.05) is 36.4 Å². The van der Waals surface area contributed by atoms with Crippen LogP contribution in [0.4, 0.5) is 0 Å². The Bertz CT molecular complexity index is 1270. The van der Waals surface area contributed by atoms with Crippen molar-refractivity contribution in [2.24, 2.45) is 0 Å². The number of carboxylic acids is 1. The van der Waals surface area contributed by atoms with Gasteiger partial charge in [0.05, 0.1) is 12.7 Å². The van der Waals surface area contributed by atoms with Crippen LogP contribution in [0.25, 0.3) is 16.6 Å². The summed E-state index contributed by atoms with van der Waals surface area (Å²) in [4.78, 5) is 25.8. The second-order valence-electron chi connectivity index (χ2n) is 6.85. The number of ether oxygens (including phenoxy) is 1. The lowest BCUT2D eigenvalue weighted by atomic mass is 9.89. The first-order valence-electron chi connectivity index (χ1n) is 9.48. The Morgan fingerprint density at radius 3 is 2.26 bits per heavy atom.